The van der Waals surface area contributed by atoms with Gasteiger partial charge in [0.2, 0.25) is 0 Å². The van der Waals surface area contributed by atoms with Crippen LogP contribution >= 0.6 is 0 Å². The Labute approximate surface area is 117 Å². The molecule has 20 heavy (non-hydrogen) atoms. The van der Waals surface area contributed by atoms with Gasteiger partial charge in [0.05, 0.1) is 5.60 Å². The number of ether oxygens (including phenoxy) is 2. The van der Waals surface area contributed by atoms with Crippen molar-refractivity contribution in [3.63, 3.8) is 0 Å². The quantitative estimate of drug-likeness (QED) is 0.644. The third kappa shape index (κ3) is 1.08. The van der Waals surface area contributed by atoms with Crippen LogP contribution in [0.2, 0.25) is 0 Å². The van der Waals surface area contributed by atoms with E-state index in [0.29, 0.717) is 12.0 Å². The number of hydrogen-bond acceptors (Lipinski definition) is 5. The lowest BCUT2D eigenvalue weighted by Gasteiger charge is -2.52. The van der Waals surface area contributed by atoms with Crippen molar-refractivity contribution in [2.75, 3.05) is 0 Å². The Balaban J connectivity index is 1.96. The van der Waals surface area contributed by atoms with Crippen LogP contribution in [0.3, 0.4) is 0 Å². The monoisotopic (exact) mass is 280 g/mol. The van der Waals surface area contributed by atoms with Crippen LogP contribution in [0, 0.1) is 11.8 Å². The summed E-state index contributed by atoms with van der Waals surface area (Å²) in [6, 6.07) is 0. The Hall–Kier alpha value is -0.910. The Kier molecular flexibility index (Phi) is 2.10. The minimum absolute atomic E-state index is 0.129. The molecule has 0 aromatic rings. The van der Waals surface area contributed by atoms with Gasteiger partial charge in [0.25, 0.3) is 5.79 Å². The minimum Gasteiger partial charge on any atom is -0.422 e. The summed E-state index contributed by atoms with van der Waals surface area (Å²) in [5.41, 5.74) is -0.571. The second kappa shape index (κ2) is 3.29. The molecule has 5 heteroatoms. The molecule has 6 unspecified atom stereocenters. The molecule has 3 heterocycles. The van der Waals surface area contributed by atoms with E-state index in [1.165, 1.54) is 0 Å². The molecule has 3 aliphatic heterocycles. The fraction of sp³-hybridized carbons (Fsp3) is 0.800. The van der Waals surface area contributed by atoms with Crippen LogP contribution in [0.4, 0.5) is 0 Å². The number of hydrogen-bond donors (Lipinski definition) is 2. The SMILES string of the molecule is CC1=C2CC34OC2(OC1=O)C(O)C(C)(O)C3CCC4C. The molecule has 0 aromatic carbocycles. The molecule has 2 saturated heterocycles. The zero-order valence-corrected chi connectivity index (χ0v) is 12.0. The van der Waals surface area contributed by atoms with Crippen molar-refractivity contribution in [3.8, 4) is 0 Å². The molecule has 2 N–H and O–H groups in total. The Morgan fingerprint density at radius 2 is 2.05 bits per heavy atom. The van der Waals surface area contributed by atoms with Crippen molar-refractivity contribution >= 4 is 5.97 Å². The highest BCUT2D eigenvalue weighted by Gasteiger charge is 2.77. The summed E-state index contributed by atoms with van der Waals surface area (Å²) >= 11 is 0. The summed E-state index contributed by atoms with van der Waals surface area (Å²) in [5.74, 6) is -1.77. The van der Waals surface area contributed by atoms with Crippen molar-refractivity contribution in [1.82, 2.24) is 0 Å². The van der Waals surface area contributed by atoms with Gasteiger partial charge >= 0.3 is 5.97 Å². The van der Waals surface area contributed by atoms with E-state index in [4.69, 9.17) is 9.47 Å². The zero-order valence-electron chi connectivity index (χ0n) is 12.0. The predicted molar refractivity (Wildman–Crippen MR) is 68.5 cm³/mol. The second-order valence-corrected chi connectivity index (χ2v) is 7.05. The highest BCUT2D eigenvalue weighted by Crippen LogP contribution is 2.66. The number of rotatable bonds is 0. The van der Waals surface area contributed by atoms with E-state index in [9.17, 15) is 15.0 Å². The molecule has 110 valence electrons. The smallest absolute Gasteiger partial charge is 0.336 e. The summed E-state index contributed by atoms with van der Waals surface area (Å²) in [6.07, 6.45) is 1.10. The van der Waals surface area contributed by atoms with Crippen LogP contribution in [0.5, 0.6) is 0 Å². The molecule has 3 fully saturated rings. The molecule has 0 aromatic heterocycles. The molecule has 0 radical (unpaired) electrons. The van der Waals surface area contributed by atoms with Gasteiger partial charge in [0.15, 0.2) is 6.10 Å². The molecular weight excluding hydrogens is 260 g/mol. The van der Waals surface area contributed by atoms with Crippen LogP contribution in [0.25, 0.3) is 0 Å². The van der Waals surface area contributed by atoms with E-state index >= 15 is 0 Å². The molecule has 2 spiro atoms. The molecule has 4 rings (SSSR count). The first-order valence-electron chi connectivity index (χ1n) is 7.30. The number of carbonyl (C=O) groups excluding carboxylic acids is 1. The number of esters is 1. The molecule has 1 aliphatic carbocycles. The van der Waals surface area contributed by atoms with E-state index in [1.54, 1.807) is 13.8 Å². The molecule has 1 saturated carbocycles. The zero-order chi connectivity index (χ0) is 14.5. The van der Waals surface area contributed by atoms with E-state index in [2.05, 4.69) is 6.92 Å². The van der Waals surface area contributed by atoms with Crippen LogP contribution in [0.15, 0.2) is 11.1 Å². The summed E-state index contributed by atoms with van der Waals surface area (Å²) < 4.78 is 11.6. The lowest BCUT2D eigenvalue weighted by Crippen LogP contribution is -2.68. The lowest BCUT2D eigenvalue weighted by atomic mass is 9.71. The fourth-order valence-electron chi connectivity index (χ4n) is 4.95. The van der Waals surface area contributed by atoms with Gasteiger partial charge in [-0.1, -0.05) is 6.92 Å². The molecule has 5 nitrogen and oxygen atoms in total. The van der Waals surface area contributed by atoms with Crippen LogP contribution in [-0.2, 0) is 14.3 Å². The standard InChI is InChI=1S/C15H20O5/c1-7-4-5-10-13(3,18)12(17)15-9(6-14(7,10)20-15)8(2)11(16)19-15/h7,10,12,17-18H,4-6H2,1-3H3. The first-order chi connectivity index (χ1) is 9.26. The van der Waals surface area contributed by atoms with E-state index in [0.717, 1.165) is 18.4 Å². The summed E-state index contributed by atoms with van der Waals surface area (Å²) in [6.45, 7) is 5.47. The molecule has 6 atom stereocenters. The molecule has 4 aliphatic rings. The molecule has 2 bridgehead atoms. The van der Waals surface area contributed by atoms with E-state index < -0.39 is 29.1 Å². The topological polar surface area (TPSA) is 76.0 Å². The summed E-state index contributed by atoms with van der Waals surface area (Å²) in [7, 11) is 0. The Morgan fingerprint density at radius 3 is 2.75 bits per heavy atom. The average Bonchev–Trinajstić information content (AvgIpc) is 2.93. The third-order valence-electron chi connectivity index (χ3n) is 6.15. The Morgan fingerprint density at radius 1 is 1.35 bits per heavy atom. The van der Waals surface area contributed by atoms with Crippen molar-refractivity contribution in [1.29, 1.82) is 0 Å². The highest BCUT2D eigenvalue weighted by atomic mass is 16.8. The lowest BCUT2D eigenvalue weighted by molar-refractivity contribution is -0.348. The first kappa shape index (κ1) is 12.8. The predicted octanol–water partition coefficient (Wildman–Crippen LogP) is 0.887. The summed E-state index contributed by atoms with van der Waals surface area (Å²) in [4.78, 5) is 11.9. The summed E-state index contributed by atoms with van der Waals surface area (Å²) in [5, 5.41) is 21.5. The van der Waals surface area contributed by atoms with E-state index in [-0.39, 0.29) is 11.8 Å². The fourth-order valence-corrected chi connectivity index (χ4v) is 4.95. The van der Waals surface area contributed by atoms with Crippen molar-refractivity contribution in [2.45, 2.75) is 63.1 Å². The van der Waals surface area contributed by atoms with Gasteiger partial charge < -0.3 is 19.7 Å². The Bertz CT molecular complexity index is 550. The van der Waals surface area contributed by atoms with Crippen LogP contribution < -0.4 is 0 Å². The number of aliphatic hydroxyl groups excluding tert-OH is 1. The normalized spacial score (nSPS) is 56.9. The largest absolute Gasteiger partial charge is 0.422 e. The van der Waals surface area contributed by atoms with Gasteiger partial charge in [-0.15, -0.1) is 0 Å². The maximum Gasteiger partial charge on any atom is 0.336 e. The maximum atomic E-state index is 11.9. The van der Waals surface area contributed by atoms with E-state index in [1.807, 2.05) is 0 Å². The van der Waals surface area contributed by atoms with Gasteiger partial charge in [-0.05, 0) is 32.6 Å². The minimum atomic E-state index is -1.46. The van der Waals surface area contributed by atoms with Gasteiger partial charge in [-0.25, -0.2) is 4.79 Å². The van der Waals surface area contributed by atoms with Crippen molar-refractivity contribution in [3.05, 3.63) is 11.1 Å². The highest BCUT2D eigenvalue weighted by molar-refractivity contribution is 5.92. The van der Waals surface area contributed by atoms with Gasteiger partial charge in [0, 0.05) is 23.5 Å². The average molecular weight is 280 g/mol. The third-order valence-corrected chi connectivity index (χ3v) is 6.15. The number of aliphatic hydroxyl groups is 2. The molecule has 0 amide bonds. The van der Waals surface area contributed by atoms with Gasteiger partial charge in [0.1, 0.15) is 5.60 Å². The number of carbonyl (C=O) groups is 1. The molecular formula is C15H20O5. The second-order valence-electron chi connectivity index (χ2n) is 7.05. The maximum absolute atomic E-state index is 11.9. The van der Waals surface area contributed by atoms with Crippen molar-refractivity contribution in [2.24, 2.45) is 11.8 Å². The van der Waals surface area contributed by atoms with Gasteiger partial charge in [-0.2, -0.15) is 0 Å². The van der Waals surface area contributed by atoms with Gasteiger partial charge in [-0.3, -0.25) is 0 Å². The van der Waals surface area contributed by atoms with Crippen LogP contribution in [0.1, 0.15) is 40.0 Å². The van der Waals surface area contributed by atoms with Crippen molar-refractivity contribution < 1.29 is 24.5 Å². The van der Waals surface area contributed by atoms with Crippen LogP contribution in [-0.4, -0.2) is 39.3 Å². The first-order valence-corrected chi connectivity index (χ1v) is 7.30.